The summed E-state index contributed by atoms with van der Waals surface area (Å²) in [5.41, 5.74) is 1.99. The molecule has 6 nitrogen and oxygen atoms in total. The smallest absolute Gasteiger partial charge is 0.311 e. The minimum Gasteiger partial charge on any atom is -0.461 e. The van der Waals surface area contributed by atoms with E-state index in [-0.39, 0.29) is 16.8 Å². The highest BCUT2D eigenvalue weighted by Crippen LogP contribution is 2.09. The molecule has 0 amide bonds. The topological polar surface area (TPSA) is 92.7 Å². The Bertz CT molecular complexity index is 784. The van der Waals surface area contributed by atoms with Crippen molar-refractivity contribution < 1.29 is 22.5 Å². The lowest BCUT2D eigenvalue weighted by atomic mass is 10.0. The Morgan fingerprint density at radius 2 is 1.72 bits per heavy atom. The van der Waals surface area contributed by atoms with Gasteiger partial charge in [0.1, 0.15) is 6.61 Å². The summed E-state index contributed by atoms with van der Waals surface area (Å²) in [7, 11) is -4.02. The first-order valence-electron chi connectivity index (χ1n) is 7.81. The van der Waals surface area contributed by atoms with Crippen LogP contribution in [0.3, 0.4) is 0 Å². The average Bonchev–Trinajstić information content (AvgIpc) is 2.52. The minimum absolute atomic E-state index is 0.0666. The number of hydrogen-bond donors (Lipinski definition) is 2. The molecule has 134 valence electrons. The first kappa shape index (κ1) is 19.1. The van der Waals surface area contributed by atoms with Crippen LogP contribution in [-0.4, -0.2) is 32.0 Å². The summed E-state index contributed by atoms with van der Waals surface area (Å²) in [4.78, 5) is 11.3. The molecule has 1 aliphatic rings. The van der Waals surface area contributed by atoms with Gasteiger partial charge in [-0.2, -0.15) is 8.42 Å². The number of ether oxygens (including phenoxy) is 1. The van der Waals surface area contributed by atoms with Gasteiger partial charge < -0.3 is 10.1 Å². The Balaban J connectivity index is 0.000000186. The van der Waals surface area contributed by atoms with Crippen LogP contribution in [0.1, 0.15) is 11.1 Å². The zero-order chi connectivity index (χ0) is 18.3. The van der Waals surface area contributed by atoms with Crippen LogP contribution in [0.25, 0.3) is 0 Å². The number of aryl methyl sites for hydroxylation is 1. The Kier molecular flexibility index (Phi) is 6.69. The van der Waals surface area contributed by atoms with Gasteiger partial charge in [-0.1, -0.05) is 48.0 Å². The number of rotatable bonds is 4. The Hall–Kier alpha value is -2.22. The Labute approximate surface area is 147 Å². The van der Waals surface area contributed by atoms with Crippen LogP contribution in [0.2, 0.25) is 0 Å². The minimum atomic E-state index is -4.02. The summed E-state index contributed by atoms with van der Waals surface area (Å²) >= 11 is 0. The van der Waals surface area contributed by atoms with Gasteiger partial charge in [0.15, 0.2) is 0 Å². The second-order valence-corrected chi connectivity index (χ2v) is 7.16. The van der Waals surface area contributed by atoms with E-state index in [4.69, 9.17) is 9.29 Å². The van der Waals surface area contributed by atoms with Crippen molar-refractivity contribution in [3.8, 4) is 0 Å². The third kappa shape index (κ3) is 6.30. The van der Waals surface area contributed by atoms with Gasteiger partial charge in [-0.05, 0) is 24.6 Å². The van der Waals surface area contributed by atoms with Crippen molar-refractivity contribution in [2.24, 2.45) is 5.92 Å². The number of carbonyl (C=O) groups excluding carboxylic acids is 1. The predicted octanol–water partition coefficient (Wildman–Crippen LogP) is 2.19. The Morgan fingerprint density at radius 3 is 2.20 bits per heavy atom. The SMILES string of the molecule is Cc1ccc(S(=O)(=O)O)cc1.O=C(OCc1ccccc1)C1CNC1. The van der Waals surface area contributed by atoms with Gasteiger partial charge in [0.2, 0.25) is 0 Å². The molecule has 0 aliphatic carbocycles. The highest BCUT2D eigenvalue weighted by molar-refractivity contribution is 7.85. The van der Waals surface area contributed by atoms with Crippen LogP contribution < -0.4 is 5.32 Å². The third-order valence-corrected chi connectivity index (χ3v) is 4.53. The number of hydrogen-bond acceptors (Lipinski definition) is 5. The molecule has 0 saturated carbocycles. The second kappa shape index (κ2) is 8.75. The molecular formula is C18H21NO5S. The molecule has 0 bridgehead atoms. The van der Waals surface area contributed by atoms with Crippen LogP contribution in [0.15, 0.2) is 59.5 Å². The van der Waals surface area contributed by atoms with Crippen molar-refractivity contribution in [3.63, 3.8) is 0 Å². The lowest BCUT2D eigenvalue weighted by Gasteiger charge is -2.24. The lowest BCUT2D eigenvalue weighted by molar-refractivity contribution is -0.151. The highest BCUT2D eigenvalue weighted by atomic mass is 32.2. The van der Waals surface area contributed by atoms with Gasteiger partial charge in [0.05, 0.1) is 10.8 Å². The first-order valence-corrected chi connectivity index (χ1v) is 9.25. The summed E-state index contributed by atoms with van der Waals surface area (Å²) in [5, 5.41) is 3.04. The fraction of sp³-hybridized carbons (Fsp3) is 0.278. The van der Waals surface area contributed by atoms with Crippen molar-refractivity contribution in [2.75, 3.05) is 13.1 Å². The van der Waals surface area contributed by atoms with E-state index in [1.165, 1.54) is 12.1 Å². The van der Waals surface area contributed by atoms with Gasteiger partial charge >= 0.3 is 5.97 Å². The normalized spacial score (nSPS) is 14.0. The molecule has 7 heteroatoms. The summed E-state index contributed by atoms with van der Waals surface area (Å²) in [6.45, 7) is 3.74. The largest absolute Gasteiger partial charge is 0.461 e. The van der Waals surface area contributed by atoms with Crippen LogP contribution in [0.5, 0.6) is 0 Å². The van der Waals surface area contributed by atoms with Crippen molar-refractivity contribution in [3.05, 3.63) is 65.7 Å². The van der Waals surface area contributed by atoms with Crippen LogP contribution >= 0.6 is 0 Å². The van der Waals surface area contributed by atoms with Crippen molar-refractivity contribution in [2.45, 2.75) is 18.4 Å². The van der Waals surface area contributed by atoms with E-state index in [1.807, 2.05) is 37.3 Å². The molecule has 1 heterocycles. The standard InChI is InChI=1S/C11H13NO2.C7H8O3S/c13-11(10-6-12-7-10)14-8-9-4-2-1-3-5-9;1-6-2-4-7(5-3-6)11(8,9)10/h1-5,10,12H,6-8H2;2-5H,1H3,(H,8,9,10). The van der Waals surface area contributed by atoms with E-state index >= 15 is 0 Å². The molecule has 3 rings (SSSR count). The number of esters is 1. The maximum atomic E-state index is 11.3. The van der Waals surface area contributed by atoms with E-state index in [1.54, 1.807) is 12.1 Å². The molecular weight excluding hydrogens is 342 g/mol. The number of benzene rings is 2. The fourth-order valence-electron chi connectivity index (χ4n) is 2.01. The van der Waals surface area contributed by atoms with E-state index in [0.29, 0.717) is 6.61 Å². The molecule has 2 aromatic carbocycles. The van der Waals surface area contributed by atoms with Gasteiger partial charge in [0, 0.05) is 13.1 Å². The van der Waals surface area contributed by atoms with Gasteiger partial charge in [-0.15, -0.1) is 0 Å². The van der Waals surface area contributed by atoms with Crippen LogP contribution in [0.4, 0.5) is 0 Å². The molecule has 0 atom stereocenters. The summed E-state index contributed by atoms with van der Waals surface area (Å²) in [6.07, 6.45) is 0. The van der Waals surface area contributed by atoms with Crippen LogP contribution in [0, 0.1) is 12.8 Å². The molecule has 1 saturated heterocycles. The molecule has 0 radical (unpaired) electrons. The molecule has 0 aromatic heterocycles. The van der Waals surface area contributed by atoms with Crippen LogP contribution in [-0.2, 0) is 26.3 Å². The molecule has 2 N–H and O–H groups in total. The third-order valence-electron chi connectivity index (χ3n) is 3.66. The zero-order valence-electron chi connectivity index (χ0n) is 13.9. The average molecular weight is 363 g/mol. The van der Waals surface area contributed by atoms with Crippen molar-refractivity contribution in [1.29, 1.82) is 0 Å². The number of nitrogens with one attached hydrogen (secondary N) is 1. The fourth-order valence-corrected chi connectivity index (χ4v) is 2.49. The van der Waals surface area contributed by atoms with Crippen molar-refractivity contribution >= 4 is 16.1 Å². The van der Waals surface area contributed by atoms with E-state index < -0.39 is 10.1 Å². The summed E-state index contributed by atoms with van der Waals surface area (Å²) in [5.74, 6) is -0.0219. The van der Waals surface area contributed by atoms with E-state index in [2.05, 4.69) is 5.32 Å². The summed E-state index contributed by atoms with van der Waals surface area (Å²) < 4.78 is 34.7. The Morgan fingerprint density at radius 1 is 1.12 bits per heavy atom. The molecule has 2 aromatic rings. The van der Waals surface area contributed by atoms with Gasteiger partial charge in [-0.25, -0.2) is 0 Å². The quantitative estimate of drug-likeness (QED) is 0.639. The summed E-state index contributed by atoms with van der Waals surface area (Å²) in [6, 6.07) is 15.7. The van der Waals surface area contributed by atoms with E-state index in [9.17, 15) is 13.2 Å². The molecule has 0 unspecified atom stereocenters. The molecule has 1 aliphatic heterocycles. The van der Waals surface area contributed by atoms with Crippen molar-refractivity contribution in [1.82, 2.24) is 5.32 Å². The molecule has 0 spiro atoms. The number of carbonyl (C=O) groups is 1. The van der Waals surface area contributed by atoms with E-state index in [0.717, 1.165) is 24.2 Å². The van der Waals surface area contributed by atoms with Gasteiger partial charge in [0.25, 0.3) is 10.1 Å². The maximum Gasteiger partial charge on any atom is 0.311 e. The first-order chi connectivity index (χ1) is 11.9. The maximum absolute atomic E-state index is 11.3. The predicted molar refractivity (Wildman–Crippen MR) is 93.6 cm³/mol. The molecule has 1 fully saturated rings. The second-order valence-electron chi connectivity index (χ2n) is 5.74. The van der Waals surface area contributed by atoms with Gasteiger partial charge in [-0.3, -0.25) is 9.35 Å². The monoisotopic (exact) mass is 363 g/mol. The highest BCUT2D eigenvalue weighted by Gasteiger charge is 2.26. The molecule has 25 heavy (non-hydrogen) atoms. The zero-order valence-corrected chi connectivity index (χ0v) is 14.7. The lowest BCUT2D eigenvalue weighted by Crippen LogP contribution is -2.47.